The highest BCUT2D eigenvalue weighted by Crippen LogP contribution is 2.15. The fraction of sp³-hybridized carbons (Fsp3) is 0.562. The van der Waals surface area contributed by atoms with Gasteiger partial charge in [-0.25, -0.2) is 4.98 Å². The van der Waals surface area contributed by atoms with Gasteiger partial charge in [0.15, 0.2) is 0 Å². The summed E-state index contributed by atoms with van der Waals surface area (Å²) in [4.78, 5) is 6.95. The zero-order chi connectivity index (χ0) is 15.5. The first-order valence-corrected chi connectivity index (χ1v) is 8.11. The van der Waals surface area contributed by atoms with Crippen LogP contribution in [0.2, 0.25) is 0 Å². The minimum Gasteiger partial charge on any atom is -0.469 e. The van der Waals surface area contributed by atoms with Crippen LogP contribution in [-0.2, 0) is 19.6 Å². The Morgan fingerprint density at radius 3 is 2.71 bits per heavy atom. The molecule has 0 saturated heterocycles. The average Bonchev–Trinajstić information content (AvgIpc) is 2.96. The second-order valence-corrected chi connectivity index (χ2v) is 7.45. The van der Waals surface area contributed by atoms with Crippen LogP contribution < -0.4 is 5.32 Å². The third-order valence-electron chi connectivity index (χ3n) is 3.21. The first kappa shape index (κ1) is 16.2. The molecule has 2 heterocycles. The number of furan rings is 1. The minimum atomic E-state index is 0.126. The number of nitrogens with one attached hydrogen (secondary N) is 1. The minimum absolute atomic E-state index is 0.126. The summed E-state index contributed by atoms with van der Waals surface area (Å²) in [5, 5.41) is 6.77. The third-order valence-corrected chi connectivity index (χ3v) is 4.11. The third kappa shape index (κ3) is 5.26. The Bertz CT molecular complexity index is 568. The Labute approximate surface area is 131 Å². The van der Waals surface area contributed by atoms with Gasteiger partial charge >= 0.3 is 0 Å². The van der Waals surface area contributed by atoms with Crippen molar-refractivity contribution in [2.75, 3.05) is 7.05 Å². The molecule has 0 bridgehead atoms. The van der Waals surface area contributed by atoms with Crippen molar-refractivity contribution >= 4 is 11.3 Å². The normalized spacial score (nSPS) is 12.3. The van der Waals surface area contributed by atoms with Crippen LogP contribution in [0.3, 0.4) is 0 Å². The molecule has 0 spiro atoms. The van der Waals surface area contributed by atoms with E-state index < -0.39 is 0 Å². The molecule has 2 rings (SSSR count). The fourth-order valence-corrected chi connectivity index (χ4v) is 2.77. The van der Waals surface area contributed by atoms with Gasteiger partial charge in [-0.05, 0) is 40.8 Å². The van der Waals surface area contributed by atoms with Crippen LogP contribution in [0, 0.1) is 6.92 Å². The molecular weight excluding hydrogens is 282 g/mol. The molecule has 0 aliphatic carbocycles. The van der Waals surface area contributed by atoms with Crippen molar-refractivity contribution in [3.63, 3.8) is 0 Å². The molecule has 2 aromatic rings. The molecule has 5 heteroatoms. The lowest BCUT2D eigenvalue weighted by atomic mass is 10.1. The number of nitrogens with zero attached hydrogens (tertiary/aromatic N) is 2. The van der Waals surface area contributed by atoms with Crippen LogP contribution in [0.25, 0.3) is 0 Å². The maximum absolute atomic E-state index is 5.33. The Balaban J connectivity index is 1.86. The van der Waals surface area contributed by atoms with Gasteiger partial charge in [-0.2, -0.15) is 0 Å². The van der Waals surface area contributed by atoms with Gasteiger partial charge in [0.1, 0.15) is 10.8 Å². The van der Waals surface area contributed by atoms with E-state index in [9.17, 15) is 0 Å². The number of thiazole rings is 1. The highest BCUT2D eigenvalue weighted by Gasteiger charge is 2.11. The smallest absolute Gasteiger partial charge is 0.107 e. The SMILES string of the molecule is Cc1occc1CN(C)Cc1csc(CNC(C)(C)C)n1. The molecule has 0 aliphatic rings. The van der Waals surface area contributed by atoms with E-state index in [1.165, 1.54) is 5.56 Å². The van der Waals surface area contributed by atoms with E-state index in [0.717, 1.165) is 36.1 Å². The van der Waals surface area contributed by atoms with Crippen molar-refractivity contribution in [1.82, 2.24) is 15.2 Å². The molecule has 116 valence electrons. The zero-order valence-corrected chi connectivity index (χ0v) is 14.4. The molecule has 21 heavy (non-hydrogen) atoms. The molecule has 0 atom stereocenters. The van der Waals surface area contributed by atoms with E-state index in [2.05, 4.69) is 43.4 Å². The second-order valence-electron chi connectivity index (χ2n) is 6.51. The van der Waals surface area contributed by atoms with Gasteiger partial charge in [-0.15, -0.1) is 11.3 Å². The van der Waals surface area contributed by atoms with E-state index in [1.807, 2.05) is 13.0 Å². The first-order chi connectivity index (χ1) is 9.83. The van der Waals surface area contributed by atoms with Crippen molar-refractivity contribution in [1.29, 1.82) is 0 Å². The Morgan fingerprint density at radius 1 is 1.33 bits per heavy atom. The monoisotopic (exact) mass is 307 g/mol. The molecule has 0 amide bonds. The van der Waals surface area contributed by atoms with Crippen LogP contribution >= 0.6 is 11.3 Å². The highest BCUT2D eigenvalue weighted by molar-refractivity contribution is 7.09. The van der Waals surface area contributed by atoms with Crippen LogP contribution in [0.5, 0.6) is 0 Å². The van der Waals surface area contributed by atoms with Gasteiger partial charge in [-0.1, -0.05) is 0 Å². The molecule has 0 aromatic carbocycles. The van der Waals surface area contributed by atoms with Crippen molar-refractivity contribution in [3.8, 4) is 0 Å². The molecule has 0 fully saturated rings. The number of aryl methyl sites for hydroxylation is 1. The standard InChI is InChI=1S/C16H25N3OS/c1-12-13(6-7-20-12)9-19(5)10-14-11-21-15(18-14)8-17-16(2,3)4/h6-7,11,17H,8-10H2,1-5H3. The van der Waals surface area contributed by atoms with Gasteiger partial charge in [0.05, 0.1) is 12.0 Å². The zero-order valence-electron chi connectivity index (χ0n) is 13.6. The predicted octanol–water partition coefficient (Wildman–Crippen LogP) is 3.56. The maximum atomic E-state index is 5.33. The highest BCUT2D eigenvalue weighted by atomic mass is 32.1. The van der Waals surface area contributed by atoms with Crippen molar-refractivity contribution in [2.24, 2.45) is 0 Å². The Morgan fingerprint density at radius 2 is 2.10 bits per heavy atom. The van der Waals surface area contributed by atoms with E-state index in [1.54, 1.807) is 17.6 Å². The van der Waals surface area contributed by atoms with Gasteiger partial charge < -0.3 is 9.73 Å². The summed E-state index contributed by atoms with van der Waals surface area (Å²) in [5.74, 6) is 0.996. The Kier molecular flexibility index (Phi) is 5.19. The average molecular weight is 307 g/mol. The molecule has 0 saturated carbocycles. The largest absolute Gasteiger partial charge is 0.469 e. The Hall–Kier alpha value is -1.17. The summed E-state index contributed by atoms with van der Waals surface area (Å²) in [6.45, 7) is 11.1. The quantitative estimate of drug-likeness (QED) is 0.886. The van der Waals surface area contributed by atoms with E-state index in [0.29, 0.717) is 0 Å². The maximum Gasteiger partial charge on any atom is 0.107 e. The van der Waals surface area contributed by atoms with Crippen LogP contribution in [0.1, 0.15) is 42.8 Å². The topological polar surface area (TPSA) is 41.3 Å². The summed E-state index contributed by atoms with van der Waals surface area (Å²) >= 11 is 1.72. The van der Waals surface area contributed by atoms with Crippen LogP contribution in [0.15, 0.2) is 22.1 Å². The fourth-order valence-electron chi connectivity index (χ4n) is 2.04. The number of rotatable bonds is 6. The predicted molar refractivity (Wildman–Crippen MR) is 87.3 cm³/mol. The van der Waals surface area contributed by atoms with Gasteiger partial charge in [0, 0.05) is 36.1 Å². The van der Waals surface area contributed by atoms with Crippen LogP contribution in [-0.4, -0.2) is 22.5 Å². The van der Waals surface area contributed by atoms with Crippen molar-refractivity contribution in [2.45, 2.75) is 52.9 Å². The van der Waals surface area contributed by atoms with Crippen molar-refractivity contribution in [3.05, 3.63) is 39.7 Å². The molecule has 1 N–H and O–H groups in total. The summed E-state index contributed by atoms with van der Waals surface area (Å²) < 4.78 is 5.33. The molecular formula is C16H25N3OS. The second kappa shape index (κ2) is 6.73. The molecule has 0 unspecified atom stereocenters. The molecule has 4 nitrogen and oxygen atoms in total. The molecule has 0 radical (unpaired) electrons. The lowest BCUT2D eigenvalue weighted by Gasteiger charge is -2.19. The summed E-state index contributed by atoms with van der Waals surface area (Å²) in [7, 11) is 2.11. The van der Waals surface area contributed by atoms with E-state index >= 15 is 0 Å². The van der Waals surface area contributed by atoms with Crippen molar-refractivity contribution < 1.29 is 4.42 Å². The van der Waals surface area contributed by atoms with Gasteiger partial charge in [-0.3, -0.25) is 4.90 Å². The molecule has 0 aliphatic heterocycles. The van der Waals surface area contributed by atoms with Gasteiger partial charge in [0.25, 0.3) is 0 Å². The molecule has 2 aromatic heterocycles. The van der Waals surface area contributed by atoms with Crippen LogP contribution in [0.4, 0.5) is 0 Å². The summed E-state index contributed by atoms with van der Waals surface area (Å²) in [6.07, 6.45) is 1.75. The van der Waals surface area contributed by atoms with E-state index in [-0.39, 0.29) is 5.54 Å². The lowest BCUT2D eigenvalue weighted by Crippen LogP contribution is -2.35. The summed E-state index contributed by atoms with van der Waals surface area (Å²) in [5.41, 5.74) is 2.50. The van der Waals surface area contributed by atoms with Gasteiger partial charge in [0.2, 0.25) is 0 Å². The summed E-state index contributed by atoms with van der Waals surface area (Å²) in [6, 6.07) is 2.03. The number of hydrogen-bond donors (Lipinski definition) is 1. The number of aromatic nitrogens is 1. The number of hydrogen-bond acceptors (Lipinski definition) is 5. The van der Waals surface area contributed by atoms with E-state index in [4.69, 9.17) is 9.40 Å². The lowest BCUT2D eigenvalue weighted by molar-refractivity contribution is 0.312. The first-order valence-electron chi connectivity index (χ1n) is 7.23.